The highest BCUT2D eigenvalue weighted by atomic mass is 79.9. The first-order chi connectivity index (χ1) is 13.0. The van der Waals surface area contributed by atoms with E-state index in [4.69, 9.17) is 9.47 Å². The molecule has 3 rings (SSSR count). The summed E-state index contributed by atoms with van der Waals surface area (Å²) in [6.07, 6.45) is 3.11. The minimum Gasteiger partial charge on any atom is -0.493 e. The van der Waals surface area contributed by atoms with Gasteiger partial charge in [-0.1, -0.05) is 35.0 Å². The fourth-order valence-electron chi connectivity index (χ4n) is 3.77. The van der Waals surface area contributed by atoms with Crippen molar-refractivity contribution < 1.29 is 14.3 Å². The predicted octanol–water partition coefficient (Wildman–Crippen LogP) is 4.41. The van der Waals surface area contributed by atoms with E-state index in [9.17, 15) is 4.79 Å². The third kappa shape index (κ3) is 4.46. The molecule has 0 N–H and O–H groups in total. The molecule has 0 heterocycles. The number of rotatable bonds is 7. The molecule has 5 heteroatoms. The van der Waals surface area contributed by atoms with Crippen molar-refractivity contribution >= 4 is 21.8 Å². The Labute approximate surface area is 169 Å². The zero-order chi connectivity index (χ0) is 19.4. The summed E-state index contributed by atoms with van der Waals surface area (Å²) < 4.78 is 11.9. The van der Waals surface area contributed by atoms with Gasteiger partial charge in [-0.25, -0.2) is 0 Å². The minimum atomic E-state index is 0.191. The van der Waals surface area contributed by atoms with Crippen LogP contribution in [-0.2, 0) is 24.1 Å². The van der Waals surface area contributed by atoms with E-state index < -0.39 is 0 Å². The number of hydrogen-bond acceptors (Lipinski definition) is 3. The van der Waals surface area contributed by atoms with Gasteiger partial charge in [-0.2, -0.15) is 0 Å². The van der Waals surface area contributed by atoms with Gasteiger partial charge >= 0.3 is 0 Å². The number of fused-ring (bicyclic) bond motifs is 1. The second kappa shape index (κ2) is 8.79. The first-order valence-electron chi connectivity index (χ1n) is 9.33. The van der Waals surface area contributed by atoms with Gasteiger partial charge in [0.05, 0.1) is 20.6 Å². The lowest BCUT2D eigenvalue weighted by atomic mass is 10.1. The Morgan fingerprint density at radius 3 is 2.11 bits per heavy atom. The van der Waals surface area contributed by atoms with Crippen molar-refractivity contribution in [2.45, 2.75) is 38.6 Å². The molecule has 0 radical (unpaired) electrons. The van der Waals surface area contributed by atoms with Gasteiger partial charge in [0, 0.05) is 17.1 Å². The standard InChI is InChI=1S/C22H26BrNO3/c1-4-9-24(22(25)10-15-5-7-18(23)8-6-15)19-11-16-13-20(26-2)21(27-3)14-17(16)12-19/h5-8,13-14,19H,4,9-12H2,1-3H3. The van der Waals surface area contributed by atoms with E-state index >= 15 is 0 Å². The average molecular weight is 432 g/mol. The fourth-order valence-corrected chi connectivity index (χ4v) is 4.04. The molecule has 0 unspecified atom stereocenters. The van der Waals surface area contributed by atoms with Crippen molar-refractivity contribution in [2.24, 2.45) is 0 Å². The Morgan fingerprint density at radius 1 is 1.07 bits per heavy atom. The molecule has 1 amide bonds. The highest BCUT2D eigenvalue weighted by molar-refractivity contribution is 9.10. The van der Waals surface area contributed by atoms with Gasteiger partial charge in [-0.15, -0.1) is 0 Å². The molecule has 0 aliphatic heterocycles. The maximum atomic E-state index is 13.0. The predicted molar refractivity (Wildman–Crippen MR) is 111 cm³/mol. The summed E-state index contributed by atoms with van der Waals surface area (Å²) in [5, 5.41) is 0. The molecule has 0 fully saturated rings. The number of ether oxygens (including phenoxy) is 2. The van der Waals surface area contributed by atoms with Crippen LogP contribution in [0.15, 0.2) is 40.9 Å². The molecule has 0 bridgehead atoms. The smallest absolute Gasteiger partial charge is 0.227 e. The average Bonchev–Trinajstić information content (AvgIpc) is 3.08. The Kier molecular flexibility index (Phi) is 6.42. The quantitative estimate of drug-likeness (QED) is 0.651. The minimum absolute atomic E-state index is 0.191. The highest BCUT2D eigenvalue weighted by Crippen LogP contribution is 2.36. The monoisotopic (exact) mass is 431 g/mol. The number of carbonyl (C=O) groups is 1. The van der Waals surface area contributed by atoms with Gasteiger partial charge in [-0.05, 0) is 60.2 Å². The number of methoxy groups -OCH3 is 2. The molecule has 0 atom stereocenters. The van der Waals surface area contributed by atoms with Gasteiger partial charge in [0.2, 0.25) is 5.91 Å². The molecule has 0 spiro atoms. The summed E-state index contributed by atoms with van der Waals surface area (Å²) in [6, 6.07) is 12.3. The van der Waals surface area contributed by atoms with Crippen LogP contribution in [0.3, 0.4) is 0 Å². The lowest BCUT2D eigenvalue weighted by Crippen LogP contribution is -2.42. The van der Waals surface area contributed by atoms with Gasteiger partial charge < -0.3 is 14.4 Å². The van der Waals surface area contributed by atoms with Crippen LogP contribution in [0.1, 0.15) is 30.0 Å². The van der Waals surface area contributed by atoms with Crippen LogP contribution in [0.2, 0.25) is 0 Å². The first-order valence-corrected chi connectivity index (χ1v) is 10.1. The van der Waals surface area contributed by atoms with Crippen LogP contribution in [0.5, 0.6) is 11.5 Å². The van der Waals surface area contributed by atoms with Gasteiger partial charge in [-0.3, -0.25) is 4.79 Å². The van der Waals surface area contributed by atoms with Gasteiger partial charge in [0.1, 0.15) is 0 Å². The third-order valence-corrected chi connectivity index (χ3v) is 5.64. The molecule has 0 saturated carbocycles. The van der Waals surface area contributed by atoms with Crippen molar-refractivity contribution in [2.75, 3.05) is 20.8 Å². The SMILES string of the molecule is CCCN(C(=O)Cc1ccc(Br)cc1)C1Cc2cc(OC)c(OC)cc2C1. The second-order valence-electron chi connectivity index (χ2n) is 6.93. The van der Waals surface area contributed by atoms with E-state index in [-0.39, 0.29) is 11.9 Å². The van der Waals surface area contributed by atoms with Crippen molar-refractivity contribution in [3.05, 3.63) is 57.6 Å². The summed E-state index contributed by atoms with van der Waals surface area (Å²) >= 11 is 3.44. The molecule has 27 heavy (non-hydrogen) atoms. The van der Waals surface area contributed by atoms with Crippen LogP contribution in [0.4, 0.5) is 0 Å². The molecule has 1 aliphatic carbocycles. The van der Waals surface area contributed by atoms with Crippen molar-refractivity contribution in [1.29, 1.82) is 0 Å². The summed E-state index contributed by atoms with van der Waals surface area (Å²) in [5.41, 5.74) is 3.54. The molecule has 0 aromatic heterocycles. The summed E-state index contributed by atoms with van der Waals surface area (Å²) in [5.74, 6) is 1.69. The van der Waals surface area contributed by atoms with E-state index in [0.29, 0.717) is 6.42 Å². The number of halogens is 1. The summed E-state index contributed by atoms with van der Waals surface area (Å²) in [7, 11) is 3.31. The summed E-state index contributed by atoms with van der Waals surface area (Å²) in [6.45, 7) is 2.90. The zero-order valence-corrected chi connectivity index (χ0v) is 17.7. The molecule has 144 valence electrons. The van der Waals surface area contributed by atoms with E-state index in [2.05, 4.69) is 39.9 Å². The van der Waals surface area contributed by atoms with E-state index in [0.717, 1.165) is 47.3 Å². The molecule has 2 aromatic rings. The number of amides is 1. The van der Waals surface area contributed by atoms with Crippen molar-refractivity contribution in [3.8, 4) is 11.5 Å². The number of nitrogens with zero attached hydrogens (tertiary/aromatic N) is 1. The number of carbonyl (C=O) groups excluding carboxylic acids is 1. The van der Waals surface area contributed by atoms with Crippen LogP contribution in [0, 0.1) is 0 Å². The van der Waals surface area contributed by atoms with Crippen molar-refractivity contribution in [3.63, 3.8) is 0 Å². The van der Waals surface area contributed by atoms with E-state index in [1.807, 2.05) is 24.3 Å². The van der Waals surface area contributed by atoms with E-state index in [1.54, 1.807) is 14.2 Å². The maximum absolute atomic E-state index is 13.0. The Morgan fingerprint density at radius 2 is 1.63 bits per heavy atom. The lowest BCUT2D eigenvalue weighted by molar-refractivity contribution is -0.132. The first kappa shape index (κ1) is 19.7. The third-order valence-electron chi connectivity index (χ3n) is 5.11. The Bertz CT molecular complexity index is 771. The molecule has 0 saturated heterocycles. The number of benzene rings is 2. The molecule has 1 aliphatic rings. The Balaban J connectivity index is 1.77. The molecule has 4 nitrogen and oxygen atoms in total. The lowest BCUT2D eigenvalue weighted by Gasteiger charge is -2.29. The normalized spacial score (nSPS) is 13.3. The van der Waals surface area contributed by atoms with Crippen LogP contribution in [0.25, 0.3) is 0 Å². The number of hydrogen-bond donors (Lipinski definition) is 0. The summed E-state index contributed by atoms with van der Waals surface area (Å²) in [4.78, 5) is 15.1. The van der Waals surface area contributed by atoms with Crippen molar-refractivity contribution in [1.82, 2.24) is 4.90 Å². The van der Waals surface area contributed by atoms with Gasteiger partial charge in [0.25, 0.3) is 0 Å². The maximum Gasteiger partial charge on any atom is 0.227 e. The Hall–Kier alpha value is -2.01. The zero-order valence-electron chi connectivity index (χ0n) is 16.1. The van der Waals surface area contributed by atoms with Crippen LogP contribution < -0.4 is 9.47 Å². The largest absolute Gasteiger partial charge is 0.493 e. The molecular formula is C22H26BrNO3. The highest BCUT2D eigenvalue weighted by Gasteiger charge is 2.30. The van der Waals surface area contributed by atoms with Gasteiger partial charge in [0.15, 0.2) is 11.5 Å². The molecule has 2 aromatic carbocycles. The topological polar surface area (TPSA) is 38.8 Å². The van der Waals surface area contributed by atoms with Crippen LogP contribution in [-0.4, -0.2) is 37.6 Å². The van der Waals surface area contributed by atoms with Crippen LogP contribution >= 0.6 is 15.9 Å². The van der Waals surface area contributed by atoms with E-state index in [1.165, 1.54) is 11.1 Å². The molecular weight excluding hydrogens is 406 g/mol. The fraction of sp³-hybridized carbons (Fsp3) is 0.409. The second-order valence-corrected chi connectivity index (χ2v) is 7.84.